The lowest BCUT2D eigenvalue weighted by Crippen LogP contribution is -2.61. The number of hydrogen-bond donors (Lipinski definition) is 2. The molecule has 0 aliphatic carbocycles. The molecule has 9 nitrogen and oxygen atoms in total. The van der Waals surface area contributed by atoms with Crippen molar-refractivity contribution in [2.75, 3.05) is 38.3 Å². The molecule has 33 heavy (non-hydrogen) atoms. The first kappa shape index (κ1) is 20.0. The molecular weight excluding hydrogens is 424 g/mol. The van der Waals surface area contributed by atoms with Gasteiger partial charge in [-0.2, -0.15) is 0 Å². The number of nitrogens with zero attached hydrogens (tertiary/aromatic N) is 2. The fourth-order valence-electron chi connectivity index (χ4n) is 5.02. The van der Waals surface area contributed by atoms with Crippen molar-refractivity contribution in [3.63, 3.8) is 0 Å². The lowest BCUT2D eigenvalue weighted by molar-refractivity contribution is -0.137. The van der Waals surface area contributed by atoms with E-state index in [0.29, 0.717) is 35.8 Å². The van der Waals surface area contributed by atoms with Crippen LogP contribution >= 0.6 is 0 Å². The summed E-state index contributed by atoms with van der Waals surface area (Å²) in [6.45, 7) is 1.98. The summed E-state index contributed by atoms with van der Waals surface area (Å²) in [7, 11) is 0. The van der Waals surface area contributed by atoms with Crippen LogP contribution in [-0.2, 0) is 9.59 Å². The van der Waals surface area contributed by atoms with Crippen LogP contribution in [0, 0.1) is 0 Å². The lowest BCUT2D eigenvalue weighted by Gasteiger charge is -2.40. The average Bonchev–Trinajstić information content (AvgIpc) is 3.53. The minimum atomic E-state index is -0.710. The average molecular weight is 448 g/mol. The first-order chi connectivity index (χ1) is 16.1. The number of hydrogen-bond acceptors (Lipinski definition) is 6. The normalized spacial score (nSPS) is 23.6. The largest absolute Gasteiger partial charge is 0.454 e. The van der Waals surface area contributed by atoms with E-state index in [2.05, 4.69) is 10.6 Å². The molecule has 2 aromatic carbocycles. The van der Waals surface area contributed by atoms with Gasteiger partial charge in [0, 0.05) is 13.1 Å². The van der Waals surface area contributed by atoms with Crippen LogP contribution in [0.15, 0.2) is 36.4 Å². The molecule has 4 aliphatic heterocycles. The van der Waals surface area contributed by atoms with Crippen molar-refractivity contribution in [3.05, 3.63) is 42.0 Å². The first-order valence-electron chi connectivity index (χ1n) is 11.3. The fourth-order valence-corrected chi connectivity index (χ4v) is 5.02. The highest BCUT2D eigenvalue weighted by Gasteiger charge is 2.41. The Bertz CT molecular complexity index is 1160. The molecule has 0 spiro atoms. The topological polar surface area (TPSA) is 100 Å². The smallest absolute Gasteiger partial charge is 0.256 e. The summed E-state index contributed by atoms with van der Waals surface area (Å²) in [6, 6.07) is 10.2. The van der Waals surface area contributed by atoms with Crippen molar-refractivity contribution < 1.29 is 23.9 Å². The predicted molar refractivity (Wildman–Crippen MR) is 119 cm³/mol. The monoisotopic (exact) mass is 448 g/mol. The van der Waals surface area contributed by atoms with Gasteiger partial charge in [-0.05, 0) is 54.8 Å². The van der Waals surface area contributed by atoms with Crippen molar-refractivity contribution in [1.82, 2.24) is 15.1 Å². The van der Waals surface area contributed by atoms with Crippen LogP contribution in [0.3, 0.4) is 0 Å². The van der Waals surface area contributed by atoms with E-state index in [1.54, 1.807) is 21.9 Å². The highest BCUT2D eigenvalue weighted by Crippen LogP contribution is 2.37. The standard InChI is InChI=1S/C24H24N4O5/c29-22-19-12-27(24(31)18-2-1-7-25-18)8-9-28(19)23(30)16-10-14(3-5-17(16)26-22)15-4-6-20-21(11-15)33-13-32-20/h3-6,10-11,18-19,25H,1-2,7-9,12-13H2,(H,26,29). The zero-order chi connectivity index (χ0) is 22.5. The van der Waals surface area contributed by atoms with Gasteiger partial charge in [0.05, 0.1) is 23.8 Å². The molecule has 2 aromatic rings. The Balaban J connectivity index is 1.28. The number of ether oxygens (including phenoxy) is 2. The molecule has 9 heteroatoms. The zero-order valence-corrected chi connectivity index (χ0v) is 18.0. The van der Waals surface area contributed by atoms with E-state index < -0.39 is 6.04 Å². The summed E-state index contributed by atoms with van der Waals surface area (Å²) < 4.78 is 10.9. The highest BCUT2D eigenvalue weighted by molar-refractivity contribution is 6.11. The van der Waals surface area contributed by atoms with Crippen LogP contribution in [0.5, 0.6) is 11.5 Å². The van der Waals surface area contributed by atoms with E-state index in [4.69, 9.17) is 9.47 Å². The van der Waals surface area contributed by atoms with Crippen molar-refractivity contribution in [1.29, 1.82) is 0 Å². The van der Waals surface area contributed by atoms with Crippen LogP contribution in [0.25, 0.3) is 11.1 Å². The number of carbonyl (C=O) groups excluding carboxylic acids is 3. The Morgan fingerprint density at radius 2 is 1.82 bits per heavy atom. The minimum absolute atomic E-state index is 0.0132. The van der Waals surface area contributed by atoms with Crippen LogP contribution in [0.4, 0.5) is 5.69 Å². The van der Waals surface area contributed by atoms with Crippen LogP contribution < -0.4 is 20.1 Å². The van der Waals surface area contributed by atoms with E-state index in [1.165, 1.54) is 0 Å². The number of rotatable bonds is 2. The Labute approximate surface area is 190 Å². The Hall–Kier alpha value is -3.59. The second kappa shape index (κ2) is 7.77. The molecule has 2 N–H and O–H groups in total. The van der Waals surface area contributed by atoms with Crippen LogP contribution in [0.1, 0.15) is 23.2 Å². The van der Waals surface area contributed by atoms with Gasteiger partial charge in [-0.3, -0.25) is 14.4 Å². The van der Waals surface area contributed by atoms with Crippen molar-refractivity contribution >= 4 is 23.4 Å². The van der Waals surface area contributed by atoms with Gasteiger partial charge in [0.1, 0.15) is 6.04 Å². The Morgan fingerprint density at radius 1 is 1.00 bits per heavy atom. The molecular formula is C24H24N4O5. The molecule has 0 saturated carbocycles. The number of nitrogens with one attached hydrogen (secondary N) is 2. The molecule has 3 amide bonds. The van der Waals surface area contributed by atoms with E-state index in [9.17, 15) is 14.4 Å². The molecule has 2 atom stereocenters. The van der Waals surface area contributed by atoms with E-state index >= 15 is 0 Å². The highest BCUT2D eigenvalue weighted by atomic mass is 16.7. The van der Waals surface area contributed by atoms with Gasteiger partial charge >= 0.3 is 0 Å². The quantitative estimate of drug-likeness (QED) is 0.721. The summed E-state index contributed by atoms with van der Waals surface area (Å²) in [6.07, 6.45) is 1.78. The van der Waals surface area contributed by atoms with Crippen molar-refractivity contribution in [2.45, 2.75) is 24.9 Å². The molecule has 2 saturated heterocycles. The number of carbonyl (C=O) groups is 3. The van der Waals surface area contributed by atoms with Gasteiger partial charge in [-0.25, -0.2) is 0 Å². The third kappa shape index (κ3) is 3.39. The summed E-state index contributed by atoms with van der Waals surface area (Å²) in [4.78, 5) is 42.7. The molecule has 4 aliphatic rings. The molecule has 2 unspecified atom stereocenters. The van der Waals surface area contributed by atoms with Gasteiger partial charge in [-0.1, -0.05) is 12.1 Å². The summed E-state index contributed by atoms with van der Waals surface area (Å²) in [5.41, 5.74) is 2.66. The van der Waals surface area contributed by atoms with E-state index in [-0.39, 0.29) is 37.1 Å². The van der Waals surface area contributed by atoms with E-state index in [0.717, 1.165) is 30.5 Å². The molecule has 6 rings (SSSR count). The summed E-state index contributed by atoms with van der Waals surface area (Å²) >= 11 is 0. The maximum Gasteiger partial charge on any atom is 0.256 e. The maximum atomic E-state index is 13.5. The zero-order valence-electron chi connectivity index (χ0n) is 18.0. The van der Waals surface area contributed by atoms with E-state index in [1.807, 2.05) is 24.3 Å². The van der Waals surface area contributed by atoms with Gasteiger partial charge in [0.2, 0.25) is 18.6 Å². The maximum absolute atomic E-state index is 13.5. The van der Waals surface area contributed by atoms with Crippen LogP contribution in [-0.4, -0.2) is 72.6 Å². The number of fused-ring (bicyclic) bond motifs is 3. The first-order valence-corrected chi connectivity index (χ1v) is 11.3. The lowest BCUT2D eigenvalue weighted by atomic mass is 10.0. The SMILES string of the molecule is O=C1Nc2ccc(-c3ccc4c(c3)OCO4)cc2C(=O)N2CCN(C(=O)C3CCCN3)CC12. The summed E-state index contributed by atoms with van der Waals surface area (Å²) in [5, 5.41) is 6.12. The van der Waals surface area contributed by atoms with Crippen molar-refractivity contribution in [2.24, 2.45) is 0 Å². The van der Waals surface area contributed by atoms with Gasteiger partial charge in [0.25, 0.3) is 5.91 Å². The second-order valence-corrected chi connectivity index (χ2v) is 8.77. The van der Waals surface area contributed by atoms with Gasteiger partial charge in [0.15, 0.2) is 11.5 Å². The van der Waals surface area contributed by atoms with Crippen molar-refractivity contribution in [3.8, 4) is 22.6 Å². The third-order valence-corrected chi connectivity index (χ3v) is 6.83. The third-order valence-electron chi connectivity index (χ3n) is 6.83. The fraction of sp³-hybridized carbons (Fsp3) is 0.375. The molecule has 0 radical (unpaired) electrons. The second-order valence-electron chi connectivity index (χ2n) is 8.77. The molecule has 4 heterocycles. The predicted octanol–water partition coefficient (Wildman–Crippen LogP) is 1.44. The molecule has 0 aromatic heterocycles. The number of benzene rings is 2. The molecule has 2 fully saturated rings. The Kier molecular flexibility index (Phi) is 4.72. The molecule has 0 bridgehead atoms. The Morgan fingerprint density at radius 3 is 2.67 bits per heavy atom. The number of anilines is 1. The van der Waals surface area contributed by atoms with Crippen LogP contribution in [0.2, 0.25) is 0 Å². The summed E-state index contributed by atoms with van der Waals surface area (Å²) in [5.74, 6) is 0.899. The molecule has 170 valence electrons. The minimum Gasteiger partial charge on any atom is -0.454 e. The van der Waals surface area contributed by atoms with Gasteiger partial charge in [-0.15, -0.1) is 0 Å². The number of piperazine rings is 1. The number of amides is 3. The van der Waals surface area contributed by atoms with Gasteiger partial charge < -0.3 is 29.9 Å².